The van der Waals surface area contributed by atoms with Gasteiger partial charge < -0.3 is 15.0 Å². The number of hydrogen-bond donors (Lipinski definition) is 1. The zero-order valence-electron chi connectivity index (χ0n) is 23.4. The number of carbonyl (C=O) groups is 1. The minimum absolute atomic E-state index is 0.114. The van der Waals surface area contributed by atoms with E-state index in [1.807, 2.05) is 18.3 Å². The number of alkyl halides is 2. The van der Waals surface area contributed by atoms with Gasteiger partial charge >= 0.3 is 6.61 Å². The summed E-state index contributed by atoms with van der Waals surface area (Å²) in [5.41, 5.74) is 3.40. The van der Waals surface area contributed by atoms with Crippen LogP contribution in [-0.2, 0) is 15.6 Å². The van der Waals surface area contributed by atoms with Gasteiger partial charge in [-0.15, -0.1) is 0 Å². The van der Waals surface area contributed by atoms with Crippen LogP contribution in [0.15, 0.2) is 60.9 Å². The molecule has 0 atom stereocenters. The molecule has 2 aliphatic carbocycles. The summed E-state index contributed by atoms with van der Waals surface area (Å²) in [6.45, 7) is -1.21. The number of nitrogens with zero attached hydrogens (tertiary/aromatic N) is 4. The Bertz CT molecular complexity index is 1400. The zero-order valence-corrected chi connectivity index (χ0v) is 24.2. The van der Waals surface area contributed by atoms with E-state index in [-0.39, 0.29) is 17.6 Å². The number of aromatic nitrogens is 2. The number of halogens is 2. The van der Waals surface area contributed by atoms with Gasteiger partial charge in [-0.2, -0.15) is 19.1 Å². The van der Waals surface area contributed by atoms with Crippen molar-refractivity contribution in [1.82, 2.24) is 15.1 Å². The predicted octanol–water partition coefficient (Wildman–Crippen LogP) is 5.45. The standard InChI is InChI=1S/C20H19F2N3O2S.C11H16N2O/c21-20(22)27-19-7-5-18(6-8-19)25-14-16(13-23-25)15-1-3-17(4-2-15)24-9-11-28(26)12-10-24;12-8-11(6-7-11)13-10(14)9-4-2-1-3-5-9/h1-8,13-14,20H,9-12H2;9H,1-7H2,(H,13,14). The van der Waals surface area contributed by atoms with Crippen molar-refractivity contribution in [2.45, 2.75) is 57.1 Å². The lowest BCUT2D eigenvalue weighted by Gasteiger charge is -2.28. The zero-order chi connectivity index (χ0) is 29.5. The third-order valence-electron chi connectivity index (χ3n) is 7.96. The Labute approximate surface area is 247 Å². The molecule has 2 saturated carbocycles. The van der Waals surface area contributed by atoms with Gasteiger partial charge in [-0.25, -0.2) is 4.68 Å². The molecule has 1 aromatic heterocycles. The second-order valence-electron chi connectivity index (χ2n) is 10.9. The summed E-state index contributed by atoms with van der Waals surface area (Å²) >= 11 is 0. The van der Waals surface area contributed by atoms with Crippen molar-refractivity contribution in [3.8, 4) is 28.6 Å². The van der Waals surface area contributed by atoms with Crippen LogP contribution >= 0.6 is 0 Å². The Morgan fingerprint density at radius 2 is 1.64 bits per heavy atom. The van der Waals surface area contributed by atoms with Crippen LogP contribution in [-0.4, -0.2) is 56.6 Å². The van der Waals surface area contributed by atoms with E-state index in [0.717, 1.165) is 85.6 Å². The van der Waals surface area contributed by atoms with Crippen molar-refractivity contribution in [3.05, 3.63) is 60.9 Å². The van der Waals surface area contributed by atoms with E-state index in [1.165, 1.54) is 18.6 Å². The number of nitrogens with one attached hydrogen (secondary N) is 1. The average Bonchev–Trinajstić information content (AvgIpc) is 3.61. The van der Waals surface area contributed by atoms with E-state index in [4.69, 9.17) is 5.26 Å². The Balaban J connectivity index is 0.000000211. The largest absolute Gasteiger partial charge is 0.435 e. The Hall–Kier alpha value is -3.78. The number of benzene rings is 2. The molecular formula is C31H35F2N5O3S. The number of carbonyl (C=O) groups excluding carboxylic acids is 1. The van der Waals surface area contributed by atoms with Crippen molar-refractivity contribution in [3.63, 3.8) is 0 Å². The first kappa shape index (κ1) is 29.7. The number of amides is 1. The van der Waals surface area contributed by atoms with Gasteiger partial charge in [-0.05, 0) is 67.6 Å². The summed E-state index contributed by atoms with van der Waals surface area (Å²) in [5.74, 6) is 1.84. The minimum Gasteiger partial charge on any atom is -0.435 e. The van der Waals surface area contributed by atoms with Crippen molar-refractivity contribution in [1.29, 1.82) is 5.26 Å². The van der Waals surface area contributed by atoms with Gasteiger partial charge in [0.2, 0.25) is 5.91 Å². The van der Waals surface area contributed by atoms with Crippen LogP contribution in [0, 0.1) is 17.2 Å². The second kappa shape index (κ2) is 13.5. The summed E-state index contributed by atoms with van der Waals surface area (Å²) < 4.78 is 42.0. The maximum atomic E-state index is 12.2. The topological polar surface area (TPSA) is 100 Å². The van der Waals surface area contributed by atoms with Crippen molar-refractivity contribution >= 4 is 22.4 Å². The molecule has 0 bridgehead atoms. The summed E-state index contributed by atoms with van der Waals surface area (Å²) in [4.78, 5) is 14.0. The van der Waals surface area contributed by atoms with E-state index in [9.17, 15) is 17.8 Å². The van der Waals surface area contributed by atoms with E-state index >= 15 is 0 Å². The SMILES string of the molecule is N#CC1(NC(=O)C2CCCCC2)CC1.O=S1CCN(c2ccc(-c3cnn(-c4ccc(OC(F)F)cc4)c3)cc2)CC1. The molecule has 3 aromatic rings. The molecule has 2 heterocycles. The van der Waals surface area contributed by atoms with Gasteiger partial charge in [0.05, 0.1) is 18.0 Å². The van der Waals surface area contributed by atoms with Crippen LogP contribution in [0.5, 0.6) is 5.75 Å². The number of rotatable bonds is 7. The number of nitriles is 1. The first-order valence-corrected chi connectivity index (χ1v) is 15.9. The molecule has 1 N–H and O–H groups in total. The Kier molecular flexibility index (Phi) is 9.52. The fraction of sp³-hybridized carbons (Fsp3) is 0.452. The molecule has 0 unspecified atom stereocenters. The smallest absolute Gasteiger partial charge is 0.387 e. The lowest BCUT2D eigenvalue weighted by Crippen LogP contribution is -2.40. The molecule has 2 aromatic carbocycles. The number of hydrogen-bond acceptors (Lipinski definition) is 6. The number of ether oxygens (including phenoxy) is 1. The molecule has 6 rings (SSSR count). The molecule has 1 amide bonds. The molecule has 0 radical (unpaired) electrons. The first-order valence-electron chi connectivity index (χ1n) is 14.4. The summed E-state index contributed by atoms with van der Waals surface area (Å²) in [5, 5.41) is 16.1. The average molecular weight is 596 g/mol. The van der Waals surface area contributed by atoms with Gasteiger partial charge in [0.25, 0.3) is 0 Å². The fourth-order valence-electron chi connectivity index (χ4n) is 5.25. The van der Waals surface area contributed by atoms with Gasteiger partial charge in [-0.1, -0.05) is 31.4 Å². The highest BCUT2D eigenvalue weighted by atomic mass is 32.2. The molecule has 1 saturated heterocycles. The molecule has 222 valence electrons. The highest BCUT2D eigenvalue weighted by Gasteiger charge is 2.45. The van der Waals surface area contributed by atoms with Gasteiger partial charge in [0.1, 0.15) is 11.3 Å². The van der Waals surface area contributed by atoms with Crippen LogP contribution in [0.1, 0.15) is 44.9 Å². The summed E-state index contributed by atoms with van der Waals surface area (Å²) in [6.07, 6.45) is 10.9. The maximum Gasteiger partial charge on any atom is 0.387 e. The van der Waals surface area contributed by atoms with Crippen LogP contribution in [0.2, 0.25) is 0 Å². The van der Waals surface area contributed by atoms with Gasteiger partial charge in [-0.3, -0.25) is 9.00 Å². The van der Waals surface area contributed by atoms with Crippen LogP contribution in [0.25, 0.3) is 16.8 Å². The monoisotopic (exact) mass is 595 g/mol. The molecule has 3 fully saturated rings. The molecule has 3 aliphatic rings. The van der Waals surface area contributed by atoms with Crippen LogP contribution in [0.4, 0.5) is 14.5 Å². The normalized spacial score (nSPS) is 18.5. The predicted molar refractivity (Wildman–Crippen MR) is 158 cm³/mol. The third-order valence-corrected chi connectivity index (χ3v) is 9.23. The Morgan fingerprint density at radius 3 is 2.24 bits per heavy atom. The molecule has 0 spiro atoms. The maximum absolute atomic E-state index is 12.2. The minimum atomic E-state index is -2.84. The van der Waals surface area contributed by atoms with E-state index in [1.54, 1.807) is 23.0 Å². The lowest BCUT2D eigenvalue weighted by molar-refractivity contribution is -0.126. The van der Waals surface area contributed by atoms with Gasteiger partial charge in [0.15, 0.2) is 0 Å². The fourth-order valence-corrected chi connectivity index (χ4v) is 6.30. The molecule has 11 heteroatoms. The lowest BCUT2D eigenvalue weighted by atomic mass is 9.88. The summed E-state index contributed by atoms with van der Waals surface area (Å²) in [6, 6.07) is 16.7. The van der Waals surface area contributed by atoms with E-state index < -0.39 is 22.9 Å². The van der Waals surface area contributed by atoms with Crippen molar-refractivity contribution < 1.29 is 22.5 Å². The third kappa shape index (κ3) is 7.73. The molecule has 1 aliphatic heterocycles. The number of anilines is 1. The van der Waals surface area contributed by atoms with Crippen molar-refractivity contribution in [2.75, 3.05) is 29.5 Å². The van der Waals surface area contributed by atoms with Crippen LogP contribution in [0.3, 0.4) is 0 Å². The van der Waals surface area contributed by atoms with Gasteiger partial charge in [0, 0.05) is 58.8 Å². The quantitative estimate of drug-likeness (QED) is 0.390. The van der Waals surface area contributed by atoms with E-state index in [0.29, 0.717) is 0 Å². The van der Waals surface area contributed by atoms with E-state index in [2.05, 4.69) is 38.3 Å². The highest BCUT2D eigenvalue weighted by molar-refractivity contribution is 7.85. The van der Waals surface area contributed by atoms with Crippen LogP contribution < -0.4 is 15.0 Å². The Morgan fingerprint density at radius 1 is 1.00 bits per heavy atom. The summed E-state index contributed by atoms with van der Waals surface area (Å²) in [7, 11) is -0.687. The van der Waals surface area contributed by atoms with Crippen molar-refractivity contribution in [2.24, 2.45) is 5.92 Å². The molecular weight excluding hydrogens is 560 g/mol. The second-order valence-corrected chi connectivity index (χ2v) is 12.6. The molecule has 8 nitrogen and oxygen atoms in total. The highest BCUT2D eigenvalue weighted by Crippen LogP contribution is 2.35. The first-order chi connectivity index (χ1) is 20.3. The molecule has 42 heavy (non-hydrogen) atoms.